The molecule has 0 bridgehead atoms. The molecule has 0 radical (unpaired) electrons. The summed E-state index contributed by atoms with van der Waals surface area (Å²) in [5.74, 6) is -0.192. The van der Waals surface area contributed by atoms with Crippen LogP contribution in [0.2, 0.25) is 0 Å². The first-order chi connectivity index (χ1) is 18.4. The van der Waals surface area contributed by atoms with Gasteiger partial charge in [0.05, 0.1) is 12.2 Å². The molecule has 4 aromatic rings. The lowest BCUT2D eigenvalue weighted by molar-refractivity contribution is -0.132. The van der Waals surface area contributed by atoms with Gasteiger partial charge in [0.15, 0.2) is 23.1 Å². The number of nitrogens with zero attached hydrogens (tertiary/aromatic N) is 5. The lowest BCUT2D eigenvalue weighted by Gasteiger charge is -2.26. The van der Waals surface area contributed by atoms with Crippen molar-refractivity contribution in [1.82, 2.24) is 30.0 Å². The van der Waals surface area contributed by atoms with Crippen LogP contribution in [0.4, 0.5) is 13.9 Å². The van der Waals surface area contributed by atoms with Gasteiger partial charge in [0.25, 0.3) is 0 Å². The van der Waals surface area contributed by atoms with Gasteiger partial charge in [-0.2, -0.15) is 0 Å². The van der Waals surface area contributed by atoms with E-state index in [-0.39, 0.29) is 24.1 Å². The lowest BCUT2D eigenvalue weighted by atomic mass is 10.2. The van der Waals surface area contributed by atoms with Gasteiger partial charge in [0.1, 0.15) is 18.2 Å². The van der Waals surface area contributed by atoms with Crippen LogP contribution in [0, 0.1) is 11.6 Å². The number of amides is 1. The zero-order chi connectivity index (χ0) is 26.6. The van der Waals surface area contributed by atoms with Crippen LogP contribution in [0.25, 0.3) is 22.8 Å². The molecule has 0 saturated carbocycles. The molecule has 3 N–H and O–H groups in total. The highest BCUT2D eigenvalue weighted by molar-refractivity contribution is 7.15. The van der Waals surface area contributed by atoms with E-state index in [2.05, 4.69) is 32.3 Å². The highest BCUT2D eigenvalue weighted by Gasteiger charge is 2.26. The van der Waals surface area contributed by atoms with Crippen molar-refractivity contribution in [2.75, 3.05) is 18.4 Å². The van der Waals surface area contributed by atoms with E-state index in [1.54, 1.807) is 35.2 Å². The fourth-order valence-corrected chi connectivity index (χ4v) is 5.09. The lowest BCUT2D eigenvalue weighted by Crippen LogP contribution is -2.38. The van der Waals surface area contributed by atoms with Gasteiger partial charge in [-0.3, -0.25) is 10.1 Å². The van der Waals surface area contributed by atoms with Crippen molar-refractivity contribution >= 4 is 22.4 Å². The third-order valence-electron chi connectivity index (χ3n) is 5.96. The summed E-state index contributed by atoms with van der Waals surface area (Å²) in [6.45, 7) is 4.83. The zero-order valence-corrected chi connectivity index (χ0v) is 21.1. The maximum Gasteiger partial charge on any atom is 0.244 e. The number of halogens is 2. The van der Waals surface area contributed by atoms with E-state index >= 15 is 0 Å². The Morgan fingerprint density at radius 3 is 2.47 bits per heavy atom. The first kappa shape index (κ1) is 25.6. The van der Waals surface area contributed by atoms with Crippen molar-refractivity contribution < 1.29 is 18.7 Å². The van der Waals surface area contributed by atoms with Crippen LogP contribution in [-0.4, -0.2) is 55.1 Å². The van der Waals surface area contributed by atoms with Crippen molar-refractivity contribution in [2.45, 2.75) is 25.9 Å². The average Bonchev–Trinajstić information content (AvgIpc) is 3.51. The Morgan fingerprint density at radius 2 is 1.79 bits per heavy atom. The van der Waals surface area contributed by atoms with E-state index < -0.39 is 6.35 Å². The molecule has 1 unspecified atom stereocenters. The highest BCUT2D eigenvalue weighted by Crippen LogP contribution is 2.29. The second-order valence-corrected chi connectivity index (χ2v) is 9.71. The van der Waals surface area contributed by atoms with Gasteiger partial charge >= 0.3 is 0 Å². The van der Waals surface area contributed by atoms with Crippen molar-refractivity contribution in [1.29, 1.82) is 0 Å². The predicted octanol–water partition coefficient (Wildman–Crippen LogP) is 3.40. The van der Waals surface area contributed by atoms with Gasteiger partial charge in [0, 0.05) is 35.5 Å². The number of thiazole rings is 1. The van der Waals surface area contributed by atoms with Crippen LogP contribution >= 0.6 is 11.3 Å². The molecule has 0 spiro atoms. The quantitative estimate of drug-likeness (QED) is 0.222. The second-order valence-electron chi connectivity index (χ2n) is 8.63. The molecule has 0 fully saturated rings. The summed E-state index contributed by atoms with van der Waals surface area (Å²) in [7, 11) is 0. The first-order valence-corrected chi connectivity index (χ1v) is 12.7. The molecular weight excluding hydrogens is 512 g/mol. The summed E-state index contributed by atoms with van der Waals surface area (Å²) in [4.78, 5) is 25.1. The summed E-state index contributed by atoms with van der Waals surface area (Å²) < 4.78 is 28.5. The van der Waals surface area contributed by atoms with E-state index in [1.165, 1.54) is 40.3 Å². The molecule has 1 atom stereocenters. The number of carbonyl (C=O) groups excluding carboxylic acids is 1. The fourth-order valence-electron chi connectivity index (χ4n) is 4.05. The largest absolute Gasteiger partial charge is 0.361 e. The monoisotopic (exact) mass is 537 g/mol. The zero-order valence-electron chi connectivity index (χ0n) is 20.3. The molecule has 12 heteroatoms. The minimum absolute atomic E-state index is 0.0790. The van der Waals surface area contributed by atoms with Crippen molar-refractivity contribution in [3.05, 3.63) is 83.4 Å². The number of carbonyl (C=O) groups is 1. The number of rotatable bonds is 9. The van der Waals surface area contributed by atoms with Crippen LogP contribution in [0.15, 0.2) is 61.2 Å². The van der Waals surface area contributed by atoms with Crippen LogP contribution in [0.5, 0.6) is 0 Å². The number of aromatic nitrogens is 4. The molecule has 38 heavy (non-hydrogen) atoms. The molecule has 196 valence electrons. The summed E-state index contributed by atoms with van der Waals surface area (Å²) >= 11 is 1.39. The van der Waals surface area contributed by atoms with Gasteiger partial charge in [-0.1, -0.05) is 17.4 Å². The Balaban J connectivity index is 1.34. The van der Waals surface area contributed by atoms with Gasteiger partial charge in [0.2, 0.25) is 5.91 Å². The van der Waals surface area contributed by atoms with Crippen LogP contribution in [0.1, 0.15) is 10.6 Å². The van der Waals surface area contributed by atoms with Gasteiger partial charge in [-0.25, -0.2) is 23.4 Å². The van der Waals surface area contributed by atoms with Crippen LogP contribution in [-0.2, 0) is 24.3 Å². The number of aliphatic hydroxyl groups excluding tert-OH is 1. The minimum atomic E-state index is -0.967. The number of fused-ring (bicyclic) bond motifs is 1. The van der Waals surface area contributed by atoms with Gasteiger partial charge in [-0.15, -0.1) is 11.7 Å². The molecule has 1 amide bonds. The molecule has 0 aliphatic carbocycles. The van der Waals surface area contributed by atoms with Crippen molar-refractivity contribution in [2.24, 2.45) is 0 Å². The van der Waals surface area contributed by atoms with E-state index in [0.717, 1.165) is 10.6 Å². The molecule has 2 aromatic heterocycles. The summed E-state index contributed by atoms with van der Waals surface area (Å²) in [5, 5.41) is 20.8. The number of nitrogens with one attached hydrogen (secondary N) is 2. The molecule has 1 aliphatic heterocycles. The van der Waals surface area contributed by atoms with Crippen molar-refractivity contribution in [3.8, 4) is 22.8 Å². The SMILES string of the molecule is C=CCNC(O)Nc1nc2c(s1)CN(C(=O)Cn1nc(-c3ccc(F)cc3)nc1-c1ccc(F)cc1)CC2. The van der Waals surface area contributed by atoms with E-state index in [9.17, 15) is 18.7 Å². The fraction of sp³-hybridized carbons (Fsp3) is 0.231. The standard InChI is InChI=1S/C26H25F2N7O2S/c1-2-12-29-25(37)32-26-30-20-11-13-34(14-21(20)38-26)22(36)15-35-24(17-5-9-19(28)10-6-17)31-23(33-35)16-3-7-18(27)8-4-16/h2-10,25,29,37H,1,11-15H2,(H,30,32). The smallest absolute Gasteiger partial charge is 0.244 e. The van der Waals surface area contributed by atoms with E-state index in [1.807, 2.05) is 0 Å². The molecule has 3 heterocycles. The maximum atomic E-state index is 13.5. The number of hydrogen-bond acceptors (Lipinski definition) is 8. The molecule has 0 saturated heterocycles. The van der Waals surface area contributed by atoms with Crippen LogP contribution in [0.3, 0.4) is 0 Å². The van der Waals surface area contributed by atoms with E-state index in [4.69, 9.17) is 0 Å². The Kier molecular flexibility index (Phi) is 7.54. The molecular formula is C26H25F2N7O2S. The molecule has 5 rings (SSSR count). The third kappa shape index (κ3) is 5.77. The van der Waals surface area contributed by atoms with Gasteiger partial charge < -0.3 is 15.3 Å². The van der Waals surface area contributed by atoms with Gasteiger partial charge in [-0.05, 0) is 48.5 Å². The highest BCUT2D eigenvalue weighted by atomic mass is 32.1. The second kappa shape index (κ2) is 11.2. The average molecular weight is 538 g/mol. The third-order valence-corrected chi connectivity index (χ3v) is 6.97. The van der Waals surface area contributed by atoms with Crippen LogP contribution < -0.4 is 10.6 Å². The number of anilines is 1. The minimum Gasteiger partial charge on any atom is -0.361 e. The topological polar surface area (TPSA) is 108 Å². The Labute approximate surface area is 221 Å². The number of aliphatic hydroxyl groups is 1. The molecule has 1 aliphatic rings. The summed E-state index contributed by atoms with van der Waals surface area (Å²) in [6, 6.07) is 11.6. The van der Waals surface area contributed by atoms with Crippen molar-refractivity contribution in [3.63, 3.8) is 0 Å². The molecule has 2 aromatic carbocycles. The Morgan fingerprint density at radius 1 is 1.11 bits per heavy atom. The maximum absolute atomic E-state index is 13.5. The Bertz CT molecular complexity index is 1440. The normalized spacial score (nSPS) is 13.7. The first-order valence-electron chi connectivity index (χ1n) is 11.9. The van der Waals surface area contributed by atoms with E-state index in [0.29, 0.717) is 54.0 Å². The summed E-state index contributed by atoms with van der Waals surface area (Å²) in [6.07, 6.45) is 1.25. The number of benzene rings is 2. The predicted molar refractivity (Wildman–Crippen MR) is 140 cm³/mol. The Hall–Kier alpha value is -4.00. The summed E-state index contributed by atoms with van der Waals surface area (Å²) in [5.41, 5.74) is 2.09. The molecule has 9 nitrogen and oxygen atoms in total. The number of hydrogen-bond donors (Lipinski definition) is 3.